The highest BCUT2D eigenvalue weighted by molar-refractivity contribution is 7.92. The number of hydrogen-bond donors (Lipinski definition) is 1. The van der Waals surface area contributed by atoms with Crippen LogP contribution in [0.1, 0.15) is 36.7 Å². The Labute approximate surface area is 174 Å². The van der Waals surface area contributed by atoms with E-state index in [1.807, 2.05) is 11.8 Å². The van der Waals surface area contributed by atoms with Gasteiger partial charge in [0.25, 0.3) is 10.0 Å². The van der Waals surface area contributed by atoms with Crippen molar-refractivity contribution in [3.05, 3.63) is 35.3 Å². The smallest absolute Gasteiger partial charge is 0.285 e. The lowest BCUT2D eigenvalue weighted by Crippen LogP contribution is -2.44. The molecular weight excluding hydrogens is 430 g/mol. The first-order chi connectivity index (χ1) is 14.1. The number of fused-ring (bicyclic) bond motifs is 1. The fraction of sp³-hybridized carbons (Fsp3) is 0.500. The molecule has 30 heavy (non-hydrogen) atoms. The minimum absolute atomic E-state index is 0.0103. The van der Waals surface area contributed by atoms with E-state index >= 15 is 0 Å². The second-order valence-electron chi connectivity index (χ2n) is 7.97. The Morgan fingerprint density at radius 2 is 2.10 bits per heavy atom. The monoisotopic (exact) mass is 451 g/mol. The highest BCUT2D eigenvalue weighted by atomic mass is 32.2. The van der Waals surface area contributed by atoms with E-state index in [0.717, 1.165) is 6.26 Å². The number of sulfone groups is 1. The third kappa shape index (κ3) is 2.81. The molecule has 0 radical (unpaired) electrons. The average molecular weight is 452 g/mol. The zero-order valence-electron chi connectivity index (χ0n) is 16.5. The van der Waals surface area contributed by atoms with E-state index < -0.39 is 24.6 Å². The van der Waals surface area contributed by atoms with Crippen molar-refractivity contribution in [3.63, 3.8) is 0 Å². The summed E-state index contributed by atoms with van der Waals surface area (Å²) in [5.41, 5.74) is 0.991. The number of rotatable bonds is 4. The summed E-state index contributed by atoms with van der Waals surface area (Å²) in [6.07, 6.45) is 3.39. The summed E-state index contributed by atoms with van der Waals surface area (Å²) in [6.45, 7) is 3.57. The fourth-order valence-corrected chi connectivity index (χ4v) is 7.13. The van der Waals surface area contributed by atoms with Gasteiger partial charge in [0.2, 0.25) is 0 Å². The molecular formula is C18H21N5O5S2. The summed E-state index contributed by atoms with van der Waals surface area (Å²) in [6, 6.07) is 3.24. The van der Waals surface area contributed by atoms with Crippen LogP contribution >= 0.6 is 0 Å². The van der Waals surface area contributed by atoms with Crippen molar-refractivity contribution in [2.24, 2.45) is 4.40 Å². The molecule has 2 aliphatic heterocycles. The molecule has 0 bridgehead atoms. The molecule has 2 aromatic rings. The molecule has 2 aromatic heterocycles. The molecule has 12 heteroatoms. The molecule has 1 N–H and O–H groups in total. The molecule has 4 heterocycles. The number of aromatic nitrogens is 3. The molecule has 0 spiro atoms. The molecule has 0 amide bonds. The van der Waals surface area contributed by atoms with Gasteiger partial charge in [-0.25, -0.2) is 13.4 Å². The van der Waals surface area contributed by atoms with E-state index in [1.54, 1.807) is 12.1 Å². The van der Waals surface area contributed by atoms with Crippen molar-refractivity contribution in [1.82, 2.24) is 15.2 Å². The number of nitrogens with zero attached hydrogens (tertiary/aromatic N) is 4. The molecule has 1 unspecified atom stereocenters. The van der Waals surface area contributed by atoms with E-state index in [0.29, 0.717) is 44.1 Å². The zero-order chi connectivity index (χ0) is 21.3. The van der Waals surface area contributed by atoms with Crippen molar-refractivity contribution < 1.29 is 21.6 Å². The molecule has 1 atom stereocenters. The number of hydrogen-bond acceptors (Lipinski definition) is 8. The van der Waals surface area contributed by atoms with Gasteiger partial charge in [0, 0.05) is 19.0 Å². The minimum atomic E-state index is -4.11. The Hall–Kier alpha value is -2.31. The number of H-pyrrole nitrogens is 1. The Morgan fingerprint density at radius 3 is 2.70 bits per heavy atom. The third-order valence-electron chi connectivity index (χ3n) is 5.98. The normalized spacial score (nSPS) is 24.4. The van der Waals surface area contributed by atoms with Crippen LogP contribution in [0.5, 0.6) is 0 Å². The van der Waals surface area contributed by atoms with Gasteiger partial charge in [0.05, 0.1) is 29.7 Å². The van der Waals surface area contributed by atoms with Crippen LogP contribution in [0.4, 0.5) is 5.82 Å². The van der Waals surface area contributed by atoms with Crippen molar-refractivity contribution in [2.45, 2.75) is 35.4 Å². The van der Waals surface area contributed by atoms with Crippen LogP contribution in [0, 0.1) is 0 Å². The molecule has 3 aliphatic rings. The number of anilines is 1. The number of pyridine rings is 1. The Bertz CT molecular complexity index is 1260. The molecule has 160 valence electrons. The lowest BCUT2D eigenvalue weighted by Gasteiger charge is -2.35. The maximum Gasteiger partial charge on any atom is 0.285 e. The Kier molecular flexibility index (Phi) is 4.15. The number of aromatic amines is 1. The van der Waals surface area contributed by atoms with Gasteiger partial charge in [0.15, 0.2) is 9.84 Å². The average Bonchev–Trinajstić information content (AvgIpc) is 3.25. The number of sulfonamides is 1. The topological polar surface area (TPSA) is 135 Å². The van der Waals surface area contributed by atoms with E-state index in [1.165, 1.54) is 6.20 Å². The first kappa shape index (κ1) is 19.6. The van der Waals surface area contributed by atoms with E-state index in [-0.39, 0.29) is 27.9 Å². The van der Waals surface area contributed by atoms with Gasteiger partial charge in [-0.3, -0.25) is 5.10 Å². The highest BCUT2D eigenvalue weighted by Crippen LogP contribution is 2.56. The summed E-state index contributed by atoms with van der Waals surface area (Å²) in [4.78, 5) is 6.57. The highest BCUT2D eigenvalue weighted by Gasteiger charge is 2.57. The maximum atomic E-state index is 13.0. The second kappa shape index (κ2) is 6.34. The van der Waals surface area contributed by atoms with Crippen molar-refractivity contribution in [3.8, 4) is 0 Å². The summed E-state index contributed by atoms with van der Waals surface area (Å²) in [5, 5.41) is 6.62. The predicted octanol–water partition coefficient (Wildman–Crippen LogP) is 0.603. The fourth-order valence-electron chi connectivity index (χ4n) is 4.22. The molecule has 2 fully saturated rings. The van der Waals surface area contributed by atoms with Gasteiger partial charge >= 0.3 is 0 Å². The van der Waals surface area contributed by atoms with Gasteiger partial charge in [-0.1, -0.05) is 0 Å². The van der Waals surface area contributed by atoms with E-state index in [9.17, 15) is 16.8 Å². The standard InChI is InChI=1S/C18H21N5O5S2/c1-11-10-28-8-7-23(11)14-9-12(18(4-5-18)29(2,24)25)17-16(20-14)15(22-30(17,26)27)13-3-6-19-21-13/h3,6,9,11H,4-5,7-8,10H2,1-2H3,(H,19,21). The van der Waals surface area contributed by atoms with E-state index in [4.69, 9.17) is 4.74 Å². The van der Waals surface area contributed by atoms with Crippen molar-refractivity contribution >= 4 is 31.4 Å². The van der Waals surface area contributed by atoms with Crippen molar-refractivity contribution in [1.29, 1.82) is 0 Å². The maximum absolute atomic E-state index is 13.0. The first-order valence-corrected chi connectivity index (χ1v) is 12.9. The number of nitrogens with one attached hydrogen (secondary N) is 1. The first-order valence-electron chi connectivity index (χ1n) is 9.59. The van der Waals surface area contributed by atoms with Gasteiger partial charge in [-0.2, -0.15) is 17.9 Å². The second-order valence-corrected chi connectivity index (χ2v) is 11.8. The largest absolute Gasteiger partial charge is 0.377 e. The van der Waals surface area contributed by atoms with Gasteiger partial charge in [0.1, 0.15) is 22.1 Å². The van der Waals surface area contributed by atoms with Crippen LogP contribution in [-0.4, -0.2) is 69.8 Å². The zero-order valence-corrected chi connectivity index (χ0v) is 18.1. The lowest BCUT2D eigenvalue weighted by atomic mass is 10.1. The molecule has 1 saturated heterocycles. The van der Waals surface area contributed by atoms with Crippen molar-refractivity contribution in [2.75, 3.05) is 30.9 Å². The number of morpholine rings is 1. The van der Waals surface area contributed by atoms with Gasteiger partial charge in [-0.15, -0.1) is 0 Å². The SMILES string of the molecule is CC1COCCN1c1cc(C2(S(C)(=O)=O)CC2)c2c(n1)C(c1ccn[nH]1)=NS2(=O)=O. The predicted molar refractivity (Wildman–Crippen MR) is 109 cm³/mol. The summed E-state index contributed by atoms with van der Waals surface area (Å²) in [7, 11) is -7.66. The summed E-state index contributed by atoms with van der Waals surface area (Å²) >= 11 is 0. The number of ether oxygens (including phenoxy) is 1. The molecule has 5 rings (SSSR count). The molecule has 10 nitrogen and oxygen atoms in total. The quantitative estimate of drug-likeness (QED) is 0.714. The molecule has 0 aromatic carbocycles. The van der Waals surface area contributed by atoms with Gasteiger partial charge < -0.3 is 9.64 Å². The van der Waals surface area contributed by atoms with Crippen LogP contribution in [0.15, 0.2) is 27.6 Å². The van der Waals surface area contributed by atoms with Crippen LogP contribution in [-0.2, 0) is 29.3 Å². The minimum Gasteiger partial charge on any atom is -0.377 e. The van der Waals surface area contributed by atoms with E-state index in [2.05, 4.69) is 19.6 Å². The van der Waals surface area contributed by atoms with Crippen LogP contribution in [0.3, 0.4) is 0 Å². The molecule has 1 aliphatic carbocycles. The Morgan fingerprint density at radius 1 is 1.33 bits per heavy atom. The molecule has 1 saturated carbocycles. The third-order valence-corrected chi connectivity index (χ3v) is 9.38. The Balaban J connectivity index is 1.79. The lowest BCUT2D eigenvalue weighted by molar-refractivity contribution is 0.0985. The van der Waals surface area contributed by atoms with Gasteiger partial charge in [-0.05, 0) is 37.5 Å². The summed E-state index contributed by atoms with van der Waals surface area (Å²) in [5.74, 6) is 0.527. The summed E-state index contributed by atoms with van der Waals surface area (Å²) < 4.78 is 59.7. The van der Waals surface area contributed by atoms with Crippen LogP contribution in [0.25, 0.3) is 0 Å². The van der Waals surface area contributed by atoms with Crippen LogP contribution in [0.2, 0.25) is 0 Å². The van der Waals surface area contributed by atoms with Crippen LogP contribution < -0.4 is 4.90 Å².